The molecule has 0 heterocycles. The molecule has 6 heteroatoms. The molecule has 0 fully saturated rings. The highest BCUT2D eigenvalue weighted by molar-refractivity contribution is 9.10. The summed E-state index contributed by atoms with van der Waals surface area (Å²) in [5.74, 6) is -0.740. The fraction of sp³-hybridized carbons (Fsp3) is 0.300. The van der Waals surface area contributed by atoms with Crippen LogP contribution in [0.25, 0.3) is 0 Å². The van der Waals surface area contributed by atoms with Crippen molar-refractivity contribution in [2.45, 2.75) is 18.5 Å². The van der Waals surface area contributed by atoms with E-state index < -0.39 is 28.5 Å². The summed E-state index contributed by atoms with van der Waals surface area (Å²) >= 11 is 8.29. The van der Waals surface area contributed by atoms with Crippen LogP contribution in [0.4, 0.5) is 13.2 Å². The Bertz CT molecular complexity index is 415. The molecule has 0 N–H and O–H groups in total. The molecule has 0 aliphatic carbocycles. The molecule has 1 aromatic rings. The third-order valence-electron chi connectivity index (χ3n) is 1.92. The Balaban J connectivity index is 3.41. The molecule has 1 aromatic carbocycles. The standard InChI is InChI=1S/C10H7BrClF3O/c1-5(12)9(16)6-3-2-4-7(11)8(6)10(13,14)15/h2-5H,1H3. The minimum absolute atomic E-state index is 0.164. The molecule has 0 aliphatic rings. The Hall–Kier alpha value is -0.550. The average Bonchev–Trinajstić information content (AvgIpc) is 2.14. The first-order valence-corrected chi connectivity index (χ1v) is 5.52. The molecule has 0 bridgehead atoms. The molecule has 1 rings (SSSR count). The van der Waals surface area contributed by atoms with Crippen LogP contribution in [0.3, 0.4) is 0 Å². The lowest BCUT2D eigenvalue weighted by atomic mass is 10.0. The topological polar surface area (TPSA) is 17.1 Å². The summed E-state index contributed by atoms with van der Waals surface area (Å²) in [6.45, 7) is 1.34. The van der Waals surface area contributed by atoms with Gasteiger partial charge in [-0.3, -0.25) is 4.79 Å². The van der Waals surface area contributed by atoms with Gasteiger partial charge in [0.1, 0.15) is 0 Å². The van der Waals surface area contributed by atoms with Crippen molar-refractivity contribution >= 4 is 33.3 Å². The number of carbonyl (C=O) groups excluding carboxylic acids is 1. The van der Waals surface area contributed by atoms with Crippen molar-refractivity contribution in [1.82, 2.24) is 0 Å². The maximum absolute atomic E-state index is 12.7. The molecule has 16 heavy (non-hydrogen) atoms. The summed E-state index contributed by atoms with van der Waals surface area (Å²) in [5, 5.41) is -0.990. The van der Waals surface area contributed by atoms with E-state index in [1.165, 1.54) is 19.1 Å². The zero-order chi connectivity index (χ0) is 12.5. The van der Waals surface area contributed by atoms with Gasteiger partial charge in [0.05, 0.1) is 10.9 Å². The summed E-state index contributed by atoms with van der Waals surface area (Å²) < 4.78 is 38.0. The second kappa shape index (κ2) is 4.75. The van der Waals surface area contributed by atoms with E-state index in [9.17, 15) is 18.0 Å². The van der Waals surface area contributed by atoms with E-state index in [1.54, 1.807) is 0 Å². The van der Waals surface area contributed by atoms with Crippen molar-refractivity contribution in [3.63, 3.8) is 0 Å². The molecular formula is C10H7BrClF3O. The SMILES string of the molecule is CC(Cl)C(=O)c1cccc(Br)c1C(F)(F)F. The van der Waals surface area contributed by atoms with Gasteiger partial charge in [-0.15, -0.1) is 11.6 Å². The van der Waals surface area contributed by atoms with Crippen LogP contribution in [0.5, 0.6) is 0 Å². The van der Waals surface area contributed by atoms with Crippen LogP contribution in [-0.2, 0) is 6.18 Å². The van der Waals surface area contributed by atoms with E-state index in [0.29, 0.717) is 0 Å². The van der Waals surface area contributed by atoms with Crippen molar-refractivity contribution in [1.29, 1.82) is 0 Å². The van der Waals surface area contributed by atoms with Crippen LogP contribution in [0.1, 0.15) is 22.8 Å². The minimum Gasteiger partial charge on any atom is -0.293 e. The number of ketones is 1. The quantitative estimate of drug-likeness (QED) is 0.588. The van der Waals surface area contributed by atoms with Gasteiger partial charge >= 0.3 is 6.18 Å². The maximum atomic E-state index is 12.7. The van der Waals surface area contributed by atoms with Gasteiger partial charge in [-0.1, -0.05) is 28.1 Å². The van der Waals surface area contributed by atoms with E-state index in [1.807, 2.05) is 0 Å². The normalized spacial score (nSPS) is 13.6. The lowest BCUT2D eigenvalue weighted by molar-refractivity contribution is -0.138. The Kier molecular flexibility index (Phi) is 4.02. The van der Waals surface area contributed by atoms with Crippen molar-refractivity contribution in [2.24, 2.45) is 0 Å². The Morgan fingerprint density at radius 3 is 2.44 bits per heavy atom. The molecule has 0 aromatic heterocycles. The second-order valence-corrected chi connectivity index (χ2v) is 4.65. The van der Waals surface area contributed by atoms with E-state index in [-0.39, 0.29) is 4.47 Å². The van der Waals surface area contributed by atoms with Gasteiger partial charge in [-0.05, 0) is 13.0 Å². The molecule has 0 spiro atoms. The predicted octanol–water partition coefficient (Wildman–Crippen LogP) is 4.28. The largest absolute Gasteiger partial charge is 0.418 e. The van der Waals surface area contributed by atoms with Crippen LogP contribution < -0.4 is 0 Å². The number of halogens is 5. The average molecular weight is 316 g/mol. The molecule has 0 saturated heterocycles. The first-order chi connectivity index (χ1) is 7.25. The smallest absolute Gasteiger partial charge is 0.293 e. The van der Waals surface area contributed by atoms with E-state index in [4.69, 9.17) is 11.6 Å². The zero-order valence-electron chi connectivity index (χ0n) is 8.11. The molecular weight excluding hydrogens is 308 g/mol. The molecule has 0 aliphatic heterocycles. The molecule has 0 saturated carbocycles. The van der Waals surface area contributed by atoms with Crippen molar-refractivity contribution in [3.05, 3.63) is 33.8 Å². The van der Waals surface area contributed by atoms with Crippen molar-refractivity contribution < 1.29 is 18.0 Å². The summed E-state index contributed by atoms with van der Waals surface area (Å²) in [7, 11) is 0. The van der Waals surface area contributed by atoms with Crippen LogP contribution >= 0.6 is 27.5 Å². The van der Waals surface area contributed by atoms with E-state index in [2.05, 4.69) is 15.9 Å². The number of hydrogen-bond donors (Lipinski definition) is 0. The van der Waals surface area contributed by atoms with Gasteiger partial charge in [0.15, 0.2) is 5.78 Å². The maximum Gasteiger partial charge on any atom is 0.418 e. The lowest BCUT2D eigenvalue weighted by Gasteiger charge is -2.14. The second-order valence-electron chi connectivity index (χ2n) is 3.14. The fourth-order valence-electron chi connectivity index (χ4n) is 1.23. The predicted molar refractivity (Wildman–Crippen MR) is 58.8 cm³/mol. The third-order valence-corrected chi connectivity index (χ3v) is 2.78. The van der Waals surface area contributed by atoms with Crippen LogP contribution in [-0.4, -0.2) is 11.2 Å². The Morgan fingerprint density at radius 1 is 1.44 bits per heavy atom. The molecule has 88 valence electrons. The lowest BCUT2D eigenvalue weighted by Crippen LogP contribution is -2.18. The Labute approximate surface area is 104 Å². The number of Topliss-reactive ketones (excluding diaryl/α,β-unsaturated/α-hetero) is 1. The van der Waals surface area contributed by atoms with Gasteiger partial charge in [0.2, 0.25) is 0 Å². The van der Waals surface area contributed by atoms with Crippen LogP contribution in [0, 0.1) is 0 Å². The summed E-state index contributed by atoms with van der Waals surface area (Å²) in [6.07, 6.45) is -4.59. The number of carbonyl (C=O) groups is 1. The van der Waals surface area contributed by atoms with Gasteiger partial charge in [-0.2, -0.15) is 13.2 Å². The van der Waals surface area contributed by atoms with E-state index >= 15 is 0 Å². The van der Waals surface area contributed by atoms with Gasteiger partial charge in [-0.25, -0.2) is 0 Å². The highest BCUT2D eigenvalue weighted by atomic mass is 79.9. The number of alkyl halides is 4. The molecule has 0 radical (unpaired) electrons. The molecule has 0 amide bonds. The Morgan fingerprint density at radius 2 is 2.00 bits per heavy atom. The minimum atomic E-state index is -4.59. The highest BCUT2D eigenvalue weighted by Crippen LogP contribution is 2.37. The number of hydrogen-bond acceptors (Lipinski definition) is 1. The van der Waals surface area contributed by atoms with Gasteiger partial charge in [0, 0.05) is 10.0 Å². The monoisotopic (exact) mass is 314 g/mol. The summed E-state index contributed by atoms with van der Waals surface area (Å²) in [5.41, 5.74) is -1.39. The number of rotatable bonds is 2. The molecule has 1 atom stereocenters. The van der Waals surface area contributed by atoms with Gasteiger partial charge in [0.25, 0.3) is 0 Å². The zero-order valence-corrected chi connectivity index (χ0v) is 10.4. The molecule has 1 nitrogen and oxygen atoms in total. The van der Waals surface area contributed by atoms with E-state index in [0.717, 1.165) is 6.07 Å². The molecule has 1 unspecified atom stereocenters. The van der Waals surface area contributed by atoms with Crippen LogP contribution in [0.15, 0.2) is 22.7 Å². The highest BCUT2D eigenvalue weighted by Gasteiger charge is 2.37. The van der Waals surface area contributed by atoms with Crippen LogP contribution in [0.2, 0.25) is 0 Å². The summed E-state index contributed by atoms with van der Waals surface area (Å²) in [6, 6.07) is 3.72. The van der Waals surface area contributed by atoms with Crippen molar-refractivity contribution in [3.8, 4) is 0 Å². The fourth-order valence-corrected chi connectivity index (χ4v) is 1.94. The number of benzene rings is 1. The summed E-state index contributed by atoms with van der Waals surface area (Å²) in [4.78, 5) is 11.5. The van der Waals surface area contributed by atoms with Gasteiger partial charge < -0.3 is 0 Å². The van der Waals surface area contributed by atoms with Crippen molar-refractivity contribution in [2.75, 3.05) is 0 Å². The first kappa shape index (κ1) is 13.5. The third kappa shape index (κ3) is 2.77. The first-order valence-electron chi connectivity index (χ1n) is 4.29.